The Bertz CT molecular complexity index is 905. The summed E-state index contributed by atoms with van der Waals surface area (Å²) in [5, 5.41) is 21.4. The fourth-order valence-corrected chi connectivity index (χ4v) is 3.53. The standard InChI is InChI=1S/C18H17ClN4O3/c19-13-5-3-11(4-6-13)16-15(18(24)25)17(22-26-16)23-9-1-2-12(10-23)14-7-8-20-21-14/h3-8,12H,1-2,9-10H2,(H,20,21)(H,24,25). The van der Waals surface area contributed by atoms with Crippen molar-refractivity contribution in [2.24, 2.45) is 0 Å². The lowest BCUT2D eigenvalue weighted by molar-refractivity contribution is 0.0697. The number of aromatic carboxylic acids is 1. The number of nitrogens with zero attached hydrogens (tertiary/aromatic N) is 3. The van der Waals surface area contributed by atoms with Crippen LogP contribution in [0.15, 0.2) is 41.1 Å². The number of nitrogens with one attached hydrogen (secondary N) is 1. The monoisotopic (exact) mass is 372 g/mol. The van der Waals surface area contributed by atoms with Crippen LogP contribution >= 0.6 is 11.6 Å². The highest BCUT2D eigenvalue weighted by Gasteiger charge is 2.31. The second kappa shape index (κ2) is 6.84. The van der Waals surface area contributed by atoms with E-state index < -0.39 is 5.97 Å². The van der Waals surface area contributed by atoms with Crippen molar-refractivity contribution in [3.8, 4) is 11.3 Å². The lowest BCUT2D eigenvalue weighted by Crippen LogP contribution is -2.35. The molecule has 2 N–H and O–H groups in total. The van der Waals surface area contributed by atoms with Crippen LogP contribution in [-0.2, 0) is 0 Å². The molecule has 0 spiro atoms. The van der Waals surface area contributed by atoms with E-state index in [1.54, 1.807) is 30.5 Å². The maximum atomic E-state index is 11.9. The van der Waals surface area contributed by atoms with E-state index in [4.69, 9.17) is 16.1 Å². The first-order valence-corrected chi connectivity index (χ1v) is 8.74. The molecule has 3 aromatic rings. The summed E-state index contributed by atoms with van der Waals surface area (Å²) < 4.78 is 5.43. The van der Waals surface area contributed by atoms with Gasteiger partial charge in [0.25, 0.3) is 0 Å². The second-order valence-corrected chi connectivity index (χ2v) is 6.76. The molecule has 2 aromatic heterocycles. The van der Waals surface area contributed by atoms with Crippen molar-refractivity contribution in [3.63, 3.8) is 0 Å². The number of carbonyl (C=O) groups is 1. The Kier molecular flexibility index (Phi) is 4.38. The zero-order valence-electron chi connectivity index (χ0n) is 13.9. The van der Waals surface area contributed by atoms with Crippen molar-refractivity contribution in [1.82, 2.24) is 15.4 Å². The van der Waals surface area contributed by atoms with Gasteiger partial charge in [-0.1, -0.05) is 16.8 Å². The molecule has 1 fully saturated rings. The molecule has 0 amide bonds. The Hall–Kier alpha value is -2.80. The fraction of sp³-hybridized carbons (Fsp3) is 0.278. The van der Waals surface area contributed by atoms with Gasteiger partial charge in [0.2, 0.25) is 0 Å². The summed E-state index contributed by atoms with van der Waals surface area (Å²) in [5.74, 6) is -0.196. The summed E-state index contributed by atoms with van der Waals surface area (Å²) in [7, 11) is 0. The summed E-state index contributed by atoms with van der Waals surface area (Å²) in [4.78, 5) is 13.9. The minimum atomic E-state index is -1.06. The zero-order valence-corrected chi connectivity index (χ0v) is 14.6. The Morgan fingerprint density at radius 2 is 2.12 bits per heavy atom. The summed E-state index contributed by atoms with van der Waals surface area (Å²) in [6.45, 7) is 1.40. The maximum absolute atomic E-state index is 11.9. The van der Waals surface area contributed by atoms with Crippen molar-refractivity contribution in [2.45, 2.75) is 18.8 Å². The molecule has 26 heavy (non-hydrogen) atoms. The third-order valence-corrected chi connectivity index (χ3v) is 4.93. The van der Waals surface area contributed by atoms with Gasteiger partial charge >= 0.3 is 5.97 Å². The fourth-order valence-electron chi connectivity index (χ4n) is 3.41. The molecule has 0 radical (unpaired) electrons. The van der Waals surface area contributed by atoms with Gasteiger partial charge in [0.1, 0.15) is 0 Å². The van der Waals surface area contributed by atoms with E-state index in [2.05, 4.69) is 15.4 Å². The van der Waals surface area contributed by atoms with Crippen LogP contribution in [0.5, 0.6) is 0 Å². The van der Waals surface area contributed by atoms with Crippen LogP contribution in [0.3, 0.4) is 0 Å². The molecule has 1 atom stereocenters. The topological polar surface area (TPSA) is 95.2 Å². The van der Waals surface area contributed by atoms with Gasteiger partial charge in [-0.05, 0) is 43.2 Å². The lowest BCUT2D eigenvalue weighted by Gasteiger charge is -2.32. The predicted molar refractivity (Wildman–Crippen MR) is 96.7 cm³/mol. The van der Waals surface area contributed by atoms with Crippen LogP contribution in [0.4, 0.5) is 5.82 Å². The number of carboxylic acid groups (broad SMARTS) is 1. The summed E-state index contributed by atoms with van der Waals surface area (Å²) in [5.41, 5.74) is 1.76. The van der Waals surface area contributed by atoms with E-state index in [0.717, 1.165) is 25.1 Å². The molecule has 8 heteroatoms. The smallest absolute Gasteiger partial charge is 0.343 e. The van der Waals surface area contributed by atoms with Gasteiger partial charge in [-0.25, -0.2) is 4.79 Å². The quantitative estimate of drug-likeness (QED) is 0.723. The van der Waals surface area contributed by atoms with Gasteiger partial charge in [-0.2, -0.15) is 5.10 Å². The normalized spacial score (nSPS) is 17.4. The Labute approximate surface area is 154 Å². The third-order valence-electron chi connectivity index (χ3n) is 4.68. The Morgan fingerprint density at radius 1 is 1.31 bits per heavy atom. The van der Waals surface area contributed by atoms with E-state index in [9.17, 15) is 9.90 Å². The number of carboxylic acids is 1. The number of H-pyrrole nitrogens is 1. The third kappa shape index (κ3) is 3.06. The number of rotatable bonds is 4. The van der Waals surface area contributed by atoms with E-state index in [-0.39, 0.29) is 17.2 Å². The van der Waals surface area contributed by atoms with Crippen molar-refractivity contribution >= 4 is 23.4 Å². The van der Waals surface area contributed by atoms with E-state index in [1.165, 1.54) is 0 Å². The molecule has 0 bridgehead atoms. The molecular formula is C18H17ClN4O3. The van der Waals surface area contributed by atoms with Gasteiger partial charge in [0, 0.05) is 41.5 Å². The summed E-state index contributed by atoms with van der Waals surface area (Å²) in [6.07, 6.45) is 3.68. The molecule has 7 nitrogen and oxygen atoms in total. The largest absolute Gasteiger partial charge is 0.477 e. The van der Waals surface area contributed by atoms with Gasteiger partial charge in [0.05, 0.1) is 0 Å². The highest BCUT2D eigenvalue weighted by Crippen LogP contribution is 2.35. The first kappa shape index (κ1) is 16.7. The lowest BCUT2D eigenvalue weighted by atomic mass is 9.94. The summed E-state index contributed by atoms with van der Waals surface area (Å²) >= 11 is 5.91. The molecule has 1 aromatic carbocycles. The average molecular weight is 373 g/mol. The number of aromatic nitrogens is 3. The molecule has 1 aliphatic heterocycles. The van der Waals surface area contributed by atoms with Gasteiger partial charge in [-0.3, -0.25) is 5.10 Å². The molecule has 1 aliphatic rings. The number of aromatic amines is 1. The van der Waals surface area contributed by atoms with Gasteiger partial charge in [-0.15, -0.1) is 0 Å². The predicted octanol–water partition coefficient (Wildman–Crippen LogP) is 3.80. The Morgan fingerprint density at radius 3 is 2.81 bits per heavy atom. The number of benzene rings is 1. The molecule has 0 saturated carbocycles. The summed E-state index contributed by atoms with van der Waals surface area (Å²) in [6, 6.07) is 8.79. The first-order chi connectivity index (χ1) is 12.6. The van der Waals surface area contributed by atoms with Crippen LogP contribution in [0.2, 0.25) is 5.02 Å². The van der Waals surface area contributed by atoms with Crippen molar-refractivity contribution < 1.29 is 14.4 Å². The van der Waals surface area contributed by atoms with E-state index in [1.807, 2.05) is 11.0 Å². The van der Waals surface area contributed by atoms with Crippen LogP contribution < -0.4 is 4.90 Å². The highest BCUT2D eigenvalue weighted by atomic mass is 35.5. The number of hydrogen-bond donors (Lipinski definition) is 2. The molecule has 134 valence electrons. The van der Waals surface area contributed by atoms with Crippen molar-refractivity contribution in [1.29, 1.82) is 0 Å². The van der Waals surface area contributed by atoms with Crippen LogP contribution in [0.1, 0.15) is 34.8 Å². The molecular weight excluding hydrogens is 356 g/mol. The van der Waals surface area contributed by atoms with Crippen LogP contribution in [0, 0.1) is 0 Å². The van der Waals surface area contributed by atoms with Crippen LogP contribution in [0.25, 0.3) is 11.3 Å². The molecule has 0 aliphatic carbocycles. The minimum absolute atomic E-state index is 0.0811. The number of halogens is 1. The second-order valence-electron chi connectivity index (χ2n) is 6.32. The molecule has 1 unspecified atom stereocenters. The SMILES string of the molecule is O=C(O)c1c(N2CCCC(c3ccn[nH]3)C2)noc1-c1ccc(Cl)cc1. The highest BCUT2D eigenvalue weighted by molar-refractivity contribution is 6.30. The first-order valence-electron chi connectivity index (χ1n) is 8.36. The maximum Gasteiger partial charge on any atom is 0.343 e. The molecule has 4 rings (SSSR count). The zero-order chi connectivity index (χ0) is 18.1. The molecule has 3 heterocycles. The molecule has 1 saturated heterocycles. The average Bonchev–Trinajstić information content (AvgIpc) is 3.32. The van der Waals surface area contributed by atoms with Crippen molar-refractivity contribution in [3.05, 3.63) is 52.8 Å². The Balaban J connectivity index is 1.68. The van der Waals surface area contributed by atoms with Crippen molar-refractivity contribution in [2.75, 3.05) is 18.0 Å². The van der Waals surface area contributed by atoms with Gasteiger partial charge in [0.15, 0.2) is 17.1 Å². The van der Waals surface area contributed by atoms with Gasteiger partial charge < -0.3 is 14.5 Å². The van der Waals surface area contributed by atoms with Crippen LogP contribution in [-0.4, -0.2) is 39.5 Å². The van der Waals surface area contributed by atoms with E-state index in [0.29, 0.717) is 22.9 Å². The number of piperidine rings is 1. The van der Waals surface area contributed by atoms with E-state index >= 15 is 0 Å². The number of hydrogen-bond acceptors (Lipinski definition) is 5. The number of anilines is 1. The minimum Gasteiger partial charge on any atom is -0.477 e.